The molecule has 0 aliphatic carbocycles. The third-order valence-corrected chi connectivity index (χ3v) is 11.2. The van der Waals surface area contributed by atoms with E-state index in [1.165, 1.54) is 0 Å². The van der Waals surface area contributed by atoms with Gasteiger partial charge in [0.05, 0.1) is 0 Å². The van der Waals surface area contributed by atoms with Crippen LogP contribution in [-0.4, -0.2) is 23.8 Å². The minimum Gasteiger partial charge on any atom is -0.301 e. The van der Waals surface area contributed by atoms with E-state index in [1.54, 1.807) is 11.1 Å². The third-order valence-electron chi connectivity index (χ3n) is 4.03. The van der Waals surface area contributed by atoms with Gasteiger partial charge in [-0.25, -0.2) is 0 Å². The molecule has 2 aromatic rings. The zero-order chi connectivity index (χ0) is 14.9. The van der Waals surface area contributed by atoms with Gasteiger partial charge >= 0.3 is 0 Å². The van der Waals surface area contributed by atoms with Crippen molar-refractivity contribution in [3.05, 3.63) is 60.7 Å². The maximum absolute atomic E-state index is 13.5. The van der Waals surface area contributed by atoms with E-state index in [-0.39, 0.29) is 0 Å². The van der Waals surface area contributed by atoms with Gasteiger partial charge in [-0.05, 0) is 6.42 Å². The van der Waals surface area contributed by atoms with Gasteiger partial charge < -0.3 is 9.13 Å². The van der Waals surface area contributed by atoms with E-state index in [4.69, 9.17) is 0 Å². The maximum atomic E-state index is 13.5. The van der Waals surface area contributed by atoms with Gasteiger partial charge in [-0.3, -0.25) is 0 Å². The van der Waals surface area contributed by atoms with E-state index in [0.717, 1.165) is 17.0 Å². The lowest BCUT2D eigenvalue weighted by molar-refractivity contribution is 0.526. The van der Waals surface area contributed by atoms with Crippen LogP contribution in [0.4, 0.5) is 0 Å². The lowest BCUT2D eigenvalue weighted by Gasteiger charge is -2.31. The molecule has 0 N–H and O–H groups in total. The van der Waals surface area contributed by atoms with Crippen LogP contribution in [0, 0.1) is 0 Å². The molecule has 110 valence electrons. The van der Waals surface area contributed by atoms with Gasteiger partial charge in [0, 0.05) is 30.0 Å². The summed E-state index contributed by atoms with van der Waals surface area (Å²) >= 11 is 0. The predicted molar refractivity (Wildman–Crippen MR) is 89.5 cm³/mol. The van der Waals surface area contributed by atoms with Crippen LogP contribution in [0.25, 0.3) is 0 Å². The Balaban J connectivity index is 2.06. The van der Waals surface area contributed by atoms with E-state index >= 15 is 0 Å². The van der Waals surface area contributed by atoms with Gasteiger partial charge in [0.15, 0.2) is 14.6 Å². The van der Waals surface area contributed by atoms with E-state index < -0.39 is 14.6 Å². The van der Waals surface area contributed by atoms with Crippen molar-refractivity contribution in [3.8, 4) is 0 Å². The Morgan fingerprint density at radius 3 is 2.19 bits per heavy atom. The highest BCUT2D eigenvalue weighted by Gasteiger charge is 2.45. The van der Waals surface area contributed by atoms with Crippen molar-refractivity contribution < 1.29 is 9.13 Å². The Hall–Kier alpha value is -1.14. The van der Waals surface area contributed by atoms with E-state index in [1.807, 2.05) is 60.7 Å². The number of hydrogen-bond acceptors (Lipinski definition) is 2. The molecule has 1 heterocycles. The van der Waals surface area contributed by atoms with Gasteiger partial charge in [0.25, 0.3) is 0 Å². The molecule has 3 nitrogen and oxygen atoms in total. The molecule has 0 radical (unpaired) electrons. The highest BCUT2D eigenvalue weighted by Crippen LogP contribution is 2.66. The van der Waals surface area contributed by atoms with Crippen LogP contribution in [-0.2, 0) is 9.13 Å². The van der Waals surface area contributed by atoms with E-state index in [0.29, 0.717) is 12.7 Å². The van der Waals surface area contributed by atoms with Crippen molar-refractivity contribution >= 4 is 25.2 Å². The highest BCUT2D eigenvalue weighted by atomic mass is 31.2. The second-order valence-electron chi connectivity index (χ2n) is 5.42. The smallest absolute Gasteiger partial charge is 0.184 e. The monoisotopic (exact) mass is 319 g/mol. The first-order valence-corrected chi connectivity index (χ1v) is 11.1. The van der Waals surface area contributed by atoms with Crippen LogP contribution in [0.1, 0.15) is 6.42 Å². The number of benzene rings is 2. The topological polar surface area (TPSA) is 37.4 Å². The molecule has 1 fully saturated rings. The van der Waals surface area contributed by atoms with Crippen molar-refractivity contribution in [3.63, 3.8) is 0 Å². The van der Waals surface area contributed by atoms with Gasteiger partial charge in [-0.15, -0.1) is 0 Å². The summed E-state index contributed by atoms with van der Waals surface area (Å²) in [6, 6.07) is 18.9. The molecule has 0 spiro atoms. The molecule has 1 aliphatic heterocycles. The molecular weight excluding hydrogens is 300 g/mol. The highest BCUT2D eigenvalue weighted by molar-refractivity contribution is 7.83. The van der Waals surface area contributed by atoms with Crippen LogP contribution < -0.4 is 10.6 Å². The Morgan fingerprint density at radius 1 is 1.00 bits per heavy atom. The van der Waals surface area contributed by atoms with Crippen molar-refractivity contribution in [2.24, 2.45) is 0 Å². The number of nitrogens with zero attached hydrogens (tertiary/aromatic N) is 1. The normalized spacial score (nSPS) is 25.6. The summed E-state index contributed by atoms with van der Waals surface area (Å²) in [6.07, 6.45) is 1.44. The van der Waals surface area contributed by atoms with Crippen LogP contribution in [0.5, 0.6) is 0 Å². The standard InChI is InChI=1S/C16H19NO2P2/c1-20(18,15-9-4-2-5-10-15)17-13-8-14-21(17,19)16-11-6-3-7-12-16/h2-7,9-12H,8,13-14H2,1H3. The zero-order valence-electron chi connectivity index (χ0n) is 12.1. The minimum absolute atomic E-state index is 0.613. The number of rotatable bonds is 3. The Kier molecular flexibility index (Phi) is 3.92. The van der Waals surface area contributed by atoms with Crippen molar-refractivity contribution in [1.29, 1.82) is 0 Å². The molecule has 21 heavy (non-hydrogen) atoms. The summed E-state index contributed by atoms with van der Waals surface area (Å²) in [5, 5.41) is 1.60. The first-order valence-electron chi connectivity index (χ1n) is 7.11. The maximum Gasteiger partial charge on any atom is 0.184 e. The molecule has 0 bridgehead atoms. The molecule has 1 saturated heterocycles. The quantitative estimate of drug-likeness (QED) is 0.812. The van der Waals surface area contributed by atoms with Crippen molar-refractivity contribution in [1.82, 2.24) is 4.44 Å². The molecule has 5 heteroatoms. The van der Waals surface area contributed by atoms with Gasteiger partial charge in [0.2, 0.25) is 0 Å². The summed E-state index contributed by atoms with van der Waals surface area (Å²) in [7, 11) is -5.56. The summed E-state index contributed by atoms with van der Waals surface area (Å²) in [6.45, 7) is 2.37. The first-order chi connectivity index (χ1) is 10.0. The summed E-state index contributed by atoms with van der Waals surface area (Å²) < 4.78 is 28.7. The summed E-state index contributed by atoms with van der Waals surface area (Å²) in [5.74, 6) is 0. The molecule has 1 aliphatic rings. The third kappa shape index (κ3) is 2.55. The molecule has 3 rings (SSSR count). The number of hydrogen-bond donors (Lipinski definition) is 0. The summed E-state index contributed by atoms with van der Waals surface area (Å²) in [4.78, 5) is 0. The molecule has 2 aromatic carbocycles. The average molecular weight is 319 g/mol. The van der Waals surface area contributed by atoms with Crippen LogP contribution in [0.3, 0.4) is 0 Å². The fourth-order valence-corrected chi connectivity index (χ4v) is 9.97. The van der Waals surface area contributed by atoms with Crippen LogP contribution >= 0.6 is 14.6 Å². The molecule has 0 saturated carbocycles. The first kappa shape index (κ1) is 14.8. The molecular formula is C16H19NO2P2. The van der Waals surface area contributed by atoms with Crippen LogP contribution in [0.2, 0.25) is 0 Å². The average Bonchev–Trinajstić information content (AvgIpc) is 2.93. The fourth-order valence-electron chi connectivity index (χ4n) is 2.93. The zero-order valence-corrected chi connectivity index (χ0v) is 13.8. The lowest BCUT2D eigenvalue weighted by Crippen LogP contribution is -2.24. The summed E-state index contributed by atoms with van der Waals surface area (Å²) in [5.41, 5.74) is 0. The molecule has 0 amide bonds. The lowest BCUT2D eigenvalue weighted by atomic mass is 10.4. The van der Waals surface area contributed by atoms with E-state index in [9.17, 15) is 9.13 Å². The minimum atomic E-state index is -2.81. The van der Waals surface area contributed by atoms with Crippen LogP contribution in [0.15, 0.2) is 60.7 Å². The van der Waals surface area contributed by atoms with Crippen molar-refractivity contribution in [2.75, 3.05) is 19.4 Å². The molecule has 0 aromatic heterocycles. The Labute approximate surface area is 125 Å². The fraction of sp³-hybridized carbons (Fsp3) is 0.250. The Bertz CT molecular complexity index is 716. The van der Waals surface area contributed by atoms with Crippen molar-refractivity contribution in [2.45, 2.75) is 6.42 Å². The predicted octanol–water partition coefficient (Wildman–Crippen LogP) is 3.53. The van der Waals surface area contributed by atoms with Gasteiger partial charge in [-0.1, -0.05) is 60.7 Å². The Morgan fingerprint density at radius 2 is 1.57 bits per heavy atom. The van der Waals surface area contributed by atoms with Gasteiger partial charge in [0.1, 0.15) is 0 Å². The molecule has 2 atom stereocenters. The largest absolute Gasteiger partial charge is 0.301 e. The second kappa shape index (κ2) is 5.57. The molecule has 2 unspecified atom stereocenters. The van der Waals surface area contributed by atoms with E-state index in [2.05, 4.69) is 0 Å². The van der Waals surface area contributed by atoms with Gasteiger partial charge in [-0.2, -0.15) is 4.44 Å². The SMILES string of the molecule is CP(=O)(c1ccccc1)N1CCCP1(=O)c1ccccc1. The second-order valence-corrected chi connectivity index (χ2v) is 11.3.